The lowest BCUT2D eigenvalue weighted by molar-refractivity contribution is -0.259. The molecule has 20 nitrogen and oxygen atoms in total. The van der Waals surface area contributed by atoms with Crippen LogP contribution in [0.3, 0.4) is 0 Å². The molecule has 3 aromatic carbocycles. The molecule has 7 heterocycles. The molecule has 0 radical (unpaired) electrons. The summed E-state index contributed by atoms with van der Waals surface area (Å²) in [5.41, 5.74) is 9.67. The van der Waals surface area contributed by atoms with Crippen LogP contribution in [0.1, 0.15) is 43.0 Å². The SMILES string of the molecule is COc1ccc(C(Nc2ncnc3c2ncn3[C@@H]2O[C@H]([C@@H](C)O)[C@H]3OC(OC)O[C@H]32)(c2ccccc2)c2ccccc2)cc1.C[C@@H](O)[C@H]1O[C@@H](n2cnc3c(N)ncnc32)[C@H](O)[C@@H]1O. The van der Waals surface area contributed by atoms with Crippen molar-refractivity contribution in [2.24, 2.45) is 0 Å². The van der Waals surface area contributed by atoms with Crippen LogP contribution >= 0.6 is 0 Å². The maximum atomic E-state index is 10.4. The molecular weight excluding hydrogens is 829 g/mol. The van der Waals surface area contributed by atoms with Crippen molar-refractivity contribution in [3.63, 3.8) is 0 Å². The lowest BCUT2D eigenvalue weighted by atomic mass is 9.77. The maximum Gasteiger partial charge on any atom is 0.272 e. The molecule has 0 aliphatic carbocycles. The number of nitrogens with two attached hydrogens (primary N) is 1. The summed E-state index contributed by atoms with van der Waals surface area (Å²) in [5.74, 6) is 1.50. The monoisotopic (exact) mass is 876 g/mol. The van der Waals surface area contributed by atoms with E-state index in [4.69, 9.17) is 44.1 Å². The van der Waals surface area contributed by atoms with Crippen molar-refractivity contribution in [3.05, 3.63) is 127 Å². The summed E-state index contributed by atoms with van der Waals surface area (Å²) >= 11 is 0. The van der Waals surface area contributed by atoms with E-state index in [1.54, 1.807) is 24.9 Å². The van der Waals surface area contributed by atoms with Gasteiger partial charge in [0.05, 0.1) is 32.0 Å². The highest BCUT2D eigenvalue weighted by atomic mass is 16.9. The van der Waals surface area contributed by atoms with Crippen molar-refractivity contribution in [2.45, 2.75) is 87.2 Å². The number of imidazole rings is 2. The van der Waals surface area contributed by atoms with Crippen molar-refractivity contribution in [2.75, 3.05) is 25.3 Å². The van der Waals surface area contributed by atoms with Crippen molar-refractivity contribution in [1.29, 1.82) is 0 Å². The summed E-state index contributed by atoms with van der Waals surface area (Å²) in [6.45, 7) is 2.28. The maximum absolute atomic E-state index is 10.4. The number of benzene rings is 3. The van der Waals surface area contributed by atoms with Gasteiger partial charge in [-0.1, -0.05) is 72.8 Å². The van der Waals surface area contributed by atoms with Gasteiger partial charge >= 0.3 is 0 Å². The number of aromatic nitrogens is 8. The first-order valence-electron chi connectivity index (χ1n) is 20.5. The number of fused-ring (bicyclic) bond motifs is 3. The normalized spacial score (nSPS) is 26.3. The van der Waals surface area contributed by atoms with E-state index >= 15 is 0 Å². The number of hydrogen-bond donors (Lipinski definition) is 6. The van der Waals surface area contributed by atoms with E-state index in [9.17, 15) is 20.4 Å². The van der Waals surface area contributed by atoms with Crippen LogP contribution in [-0.2, 0) is 29.2 Å². The van der Waals surface area contributed by atoms with Gasteiger partial charge in [-0.15, -0.1) is 0 Å². The van der Waals surface area contributed by atoms with E-state index in [1.165, 1.54) is 37.6 Å². The van der Waals surface area contributed by atoms with Gasteiger partial charge in [0, 0.05) is 7.11 Å². The molecule has 3 aliphatic heterocycles. The van der Waals surface area contributed by atoms with Crippen molar-refractivity contribution in [3.8, 4) is 5.75 Å². The first kappa shape index (κ1) is 43.1. The molecule has 0 saturated carbocycles. The summed E-state index contributed by atoms with van der Waals surface area (Å²) in [7, 11) is 3.16. The summed E-state index contributed by atoms with van der Waals surface area (Å²) in [6.07, 6.45) is -2.43. The van der Waals surface area contributed by atoms with Gasteiger partial charge in [-0.25, -0.2) is 29.9 Å². The molecular formula is C44H48N10O10. The van der Waals surface area contributed by atoms with E-state index in [0.717, 1.165) is 22.4 Å². The molecule has 1 unspecified atom stereocenters. The van der Waals surface area contributed by atoms with E-state index in [2.05, 4.69) is 61.7 Å². The lowest BCUT2D eigenvalue weighted by Gasteiger charge is -2.37. The minimum atomic E-state index is -1.21. The fourth-order valence-electron chi connectivity index (χ4n) is 8.59. The number of ether oxygens (including phenoxy) is 6. The van der Waals surface area contributed by atoms with Gasteiger partial charge < -0.3 is 59.9 Å². The average Bonchev–Trinajstić information content (AvgIpc) is 4.16. The third-order valence-corrected chi connectivity index (χ3v) is 11.7. The first-order chi connectivity index (χ1) is 31.0. The van der Waals surface area contributed by atoms with Gasteiger partial charge in [0.1, 0.15) is 66.1 Å². The van der Waals surface area contributed by atoms with Crippen molar-refractivity contribution in [1.82, 2.24) is 39.0 Å². The second-order valence-corrected chi connectivity index (χ2v) is 15.6. The van der Waals surface area contributed by atoms with Gasteiger partial charge in [-0.05, 0) is 42.7 Å². The van der Waals surface area contributed by atoms with Crippen molar-refractivity contribution >= 4 is 34.0 Å². The Morgan fingerprint density at radius 2 is 1.19 bits per heavy atom. The van der Waals surface area contributed by atoms with Crippen LogP contribution in [0.15, 0.2) is 110 Å². The molecule has 3 aliphatic rings. The Hall–Kier alpha value is -6.20. The molecule has 3 fully saturated rings. The number of methoxy groups -OCH3 is 2. The van der Waals surface area contributed by atoms with E-state index in [-0.39, 0.29) is 5.82 Å². The Labute approximate surface area is 366 Å². The molecule has 0 amide bonds. The Bertz CT molecular complexity index is 2630. The Morgan fingerprint density at radius 3 is 1.78 bits per heavy atom. The topological polar surface area (TPSA) is 262 Å². The van der Waals surface area contributed by atoms with Gasteiger partial charge in [0.25, 0.3) is 6.48 Å². The molecule has 64 heavy (non-hydrogen) atoms. The molecule has 7 N–H and O–H groups in total. The molecule has 0 bridgehead atoms. The second kappa shape index (κ2) is 17.8. The molecule has 4 aromatic heterocycles. The summed E-state index contributed by atoms with van der Waals surface area (Å²) in [4.78, 5) is 26.0. The van der Waals surface area contributed by atoms with Crippen LogP contribution in [-0.4, -0.2) is 129 Å². The fraction of sp³-hybridized carbons (Fsp3) is 0.364. The Kier molecular flexibility index (Phi) is 11.9. The molecule has 20 heteroatoms. The van der Waals surface area contributed by atoms with Crippen LogP contribution < -0.4 is 15.8 Å². The summed E-state index contributed by atoms with van der Waals surface area (Å²) in [6, 6.07) is 28.4. The molecule has 7 aromatic rings. The first-order valence-corrected chi connectivity index (χ1v) is 20.5. The highest BCUT2D eigenvalue weighted by Crippen LogP contribution is 2.44. The number of aliphatic hydroxyl groups is 4. The summed E-state index contributed by atoms with van der Waals surface area (Å²) in [5, 5.41) is 43.7. The third-order valence-electron chi connectivity index (χ3n) is 11.7. The summed E-state index contributed by atoms with van der Waals surface area (Å²) < 4.78 is 37.7. The van der Waals surface area contributed by atoms with Crippen LogP contribution in [0.4, 0.5) is 11.6 Å². The second-order valence-electron chi connectivity index (χ2n) is 15.6. The van der Waals surface area contributed by atoms with Crippen LogP contribution in [0.2, 0.25) is 0 Å². The standard InChI is InChI=1S/C33H33N5O6.C11H15N5O4/c1-20(39)26-27-28(44-32(41-3)43-27)31(42-26)38-19-36-25-29(34-18-35-30(25)38)37-33(21-10-6-4-7-11-21,22-12-8-5-9-13-22)23-14-16-24(40-2)17-15-23;1-4(17)8-6(18)7(19)11(20-8)16-3-15-5-9(12)13-2-14-10(5)16/h4-20,26-28,31-32,39H,1-3H3,(H,34,35,37);2-4,6-8,11,17-19H,1H3,(H2,12,13,14)/t20-,26-,27-,28-,31-,32?;4-,6+,7-,8-,11-/m11/s1. The van der Waals surface area contributed by atoms with Gasteiger partial charge in [0.2, 0.25) is 0 Å². The molecule has 11 atom stereocenters. The number of hydrogen-bond acceptors (Lipinski definition) is 18. The van der Waals surface area contributed by atoms with Gasteiger partial charge in [-0.2, -0.15) is 0 Å². The number of nitrogens with one attached hydrogen (secondary N) is 1. The smallest absolute Gasteiger partial charge is 0.272 e. The lowest BCUT2D eigenvalue weighted by Crippen LogP contribution is -2.38. The zero-order chi connectivity index (χ0) is 44.7. The highest BCUT2D eigenvalue weighted by molar-refractivity contribution is 5.84. The number of rotatable bonds is 11. The van der Waals surface area contributed by atoms with Crippen molar-refractivity contribution < 1.29 is 48.8 Å². The average molecular weight is 877 g/mol. The van der Waals surface area contributed by atoms with E-state index in [1.807, 2.05) is 48.5 Å². The zero-order valence-corrected chi connectivity index (χ0v) is 35.1. The molecule has 3 saturated heterocycles. The van der Waals surface area contributed by atoms with Gasteiger partial charge in [-0.3, -0.25) is 9.13 Å². The minimum absolute atomic E-state index is 0.217. The fourth-order valence-corrected chi connectivity index (χ4v) is 8.59. The van der Waals surface area contributed by atoms with E-state index in [0.29, 0.717) is 28.1 Å². The largest absolute Gasteiger partial charge is 0.497 e. The quantitative estimate of drug-likeness (QED) is 0.102. The Balaban J connectivity index is 0.000000216. The van der Waals surface area contributed by atoms with Gasteiger partial charge in [0.15, 0.2) is 40.9 Å². The number of anilines is 2. The Morgan fingerprint density at radius 1 is 0.641 bits per heavy atom. The molecule has 0 spiro atoms. The van der Waals surface area contributed by atoms with Crippen LogP contribution in [0.25, 0.3) is 22.3 Å². The molecule has 10 rings (SSSR count). The zero-order valence-electron chi connectivity index (χ0n) is 35.1. The van der Waals surface area contributed by atoms with Crippen LogP contribution in [0, 0.1) is 0 Å². The third kappa shape index (κ3) is 7.57. The number of aliphatic hydroxyl groups excluding tert-OH is 4. The predicted molar refractivity (Wildman–Crippen MR) is 228 cm³/mol. The highest BCUT2D eigenvalue weighted by Gasteiger charge is 2.55. The van der Waals surface area contributed by atoms with E-state index < -0.39 is 73.3 Å². The number of nitrogen functional groups attached to an aromatic ring is 1. The minimum Gasteiger partial charge on any atom is -0.497 e. The number of nitrogens with zero attached hydrogens (tertiary/aromatic N) is 8. The van der Waals surface area contributed by atoms with Crippen LogP contribution in [0.5, 0.6) is 5.75 Å². The molecule has 334 valence electrons. The predicted octanol–water partition coefficient (Wildman–Crippen LogP) is 2.64.